The van der Waals surface area contributed by atoms with E-state index in [4.69, 9.17) is 10.8 Å². The van der Waals surface area contributed by atoms with Crippen LogP contribution in [0.15, 0.2) is 0 Å². The zero-order valence-corrected chi connectivity index (χ0v) is 6.59. The molecule has 10 heavy (non-hydrogen) atoms. The van der Waals surface area contributed by atoms with Gasteiger partial charge in [0.1, 0.15) is 6.23 Å². The molecule has 3 atom stereocenters. The molecule has 2 nitrogen and oxygen atoms in total. The lowest BCUT2D eigenvalue weighted by Crippen LogP contribution is -2.35. The first kappa shape index (κ1) is 8.02. The molecule has 0 aromatic rings. The molecule has 0 heterocycles. The number of hydrogen-bond donors (Lipinski definition) is 2. The standard InChI is InChI=1S/C8H17NO/c1-6-4-2-3-5-7(6)8(9)10/h6-8,10H,2-5,9H2,1H3. The highest BCUT2D eigenvalue weighted by Crippen LogP contribution is 2.30. The molecule has 0 saturated heterocycles. The van der Waals surface area contributed by atoms with E-state index in [0.29, 0.717) is 11.8 Å². The molecule has 0 radical (unpaired) electrons. The van der Waals surface area contributed by atoms with Crippen molar-refractivity contribution in [1.29, 1.82) is 0 Å². The van der Waals surface area contributed by atoms with E-state index in [9.17, 15) is 0 Å². The van der Waals surface area contributed by atoms with Crippen LogP contribution in [0.3, 0.4) is 0 Å². The molecule has 0 aliphatic heterocycles. The predicted octanol–water partition coefficient (Wildman–Crippen LogP) is 1.09. The van der Waals surface area contributed by atoms with Gasteiger partial charge in [-0.05, 0) is 12.3 Å². The molecular weight excluding hydrogens is 126 g/mol. The van der Waals surface area contributed by atoms with Gasteiger partial charge in [-0.25, -0.2) is 0 Å². The van der Waals surface area contributed by atoms with Crippen molar-refractivity contribution >= 4 is 0 Å². The Morgan fingerprint density at radius 1 is 1.40 bits per heavy atom. The number of aliphatic hydroxyl groups is 1. The average molecular weight is 143 g/mol. The van der Waals surface area contributed by atoms with E-state index >= 15 is 0 Å². The summed E-state index contributed by atoms with van der Waals surface area (Å²) in [5.74, 6) is 0.975. The Balaban J connectivity index is 2.40. The van der Waals surface area contributed by atoms with Gasteiger partial charge in [0.15, 0.2) is 0 Å². The normalized spacial score (nSPS) is 37.5. The lowest BCUT2D eigenvalue weighted by molar-refractivity contribution is 0.0587. The van der Waals surface area contributed by atoms with Crippen LogP contribution >= 0.6 is 0 Å². The molecule has 0 aromatic heterocycles. The molecule has 0 spiro atoms. The molecule has 3 N–H and O–H groups in total. The van der Waals surface area contributed by atoms with Crippen molar-refractivity contribution in [3.8, 4) is 0 Å². The first-order valence-corrected chi connectivity index (χ1v) is 4.15. The van der Waals surface area contributed by atoms with E-state index in [2.05, 4.69) is 6.92 Å². The summed E-state index contributed by atoms with van der Waals surface area (Å²) in [6.07, 6.45) is 4.31. The fourth-order valence-electron chi connectivity index (χ4n) is 1.85. The summed E-state index contributed by atoms with van der Waals surface area (Å²) in [6, 6.07) is 0. The van der Waals surface area contributed by atoms with Crippen molar-refractivity contribution < 1.29 is 5.11 Å². The van der Waals surface area contributed by atoms with Crippen molar-refractivity contribution in [2.24, 2.45) is 17.6 Å². The largest absolute Gasteiger partial charge is 0.379 e. The van der Waals surface area contributed by atoms with E-state index in [1.165, 1.54) is 19.3 Å². The maximum Gasteiger partial charge on any atom is 0.105 e. The molecule has 1 aliphatic carbocycles. The minimum Gasteiger partial charge on any atom is -0.379 e. The van der Waals surface area contributed by atoms with E-state index in [1.54, 1.807) is 0 Å². The first-order chi connectivity index (χ1) is 4.72. The Labute approximate surface area is 62.4 Å². The summed E-state index contributed by atoms with van der Waals surface area (Å²) in [5, 5.41) is 9.13. The second-order valence-corrected chi connectivity index (χ2v) is 3.42. The van der Waals surface area contributed by atoms with Gasteiger partial charge >= 0.3 is 0 Å². The van der Waals surface area contributed by atoms with Crippen molar-refractivity contribution in [1.82, 2.24) is 0 Å². The molecule has 0 aromatic carbocycles. The first-order valence-electron chi connectivity index (χ1n) is 4.15. The molecule has 1 aliphatic rings. The monoisotopic (exact) mass is 143 g/mol. The summed E-state index contributed by atoms with van der Waals surface area (Å²) in [6.45, 7) is 2.18. The lowest BCUT2D eigenvalue weighted by atomic mass is 9.79. The molecule has 0 bridgehead atoms. The van der Waals surface area contributed by atoms with Gasteiger partial charge in [-0.15, -0.1) is 0 Å². The Morgan fingerprint density at radius 2 is 2.00 bits per heavy atom. The minimum atomic E-state index is -0.588. The minimum absolute atomic E-state index is 0.355. The number of aliphatic hydroxyl groups excluding tert-OH is 1. The smallest absolute Gasteiger partial charge is 0.105 e. The third-order valence-electron chi connectivity index (χ3n) is 2.62. The lowest BCUT2D eigenvalue weighted by Gasteiger charge is -2.30. The summed E-state index contributed by atoms with van der Waals surface area (Å²) in [4.78, 5) is 0. The van der Waals surface area contributed by atoms with Crippen LogP contribution < -0.4 is 5.73 Å². The van der Waals surface area contributed by atoms with E-state index in [0.717, 1.165) is 6.42 Å². The van der Waals surface area contributed by atoms with E-state index in [-0.39, 0.29) is 0 Å². The molecule has 3 unspecified atom stereocenters. The quantitative estimate of drug-likeness (QED) is 0.540. The second-order valence-electron chi connectivity index (χ2n) is 3.42. The Morgan fingerprint density at radius 3 is 2.40 bits per heavy atom. The SMILES string of the molecule is CC1CCCCC1C(N)O. The Hall–Kier alpha value is -0.0800. The summed E-state index contributed by atoms with van der Waals surface area (Å²) < 4.78 is 0. The van der Waals surface area contributed by atoms with Crippen LogP contribution in [0, 0.1) is 11.8 Å². The molecule has 1 rings (SSSR count). The van der Waals surface area contributed by atoms with Gasteiger partial charge in [-0.1, -0.05) is 26.2 Å². The molecule has 0 amide bonds. The second kappa shape index (κ2) is 3.35. The van der Waals surface area contributed by atoms with Crippen LogP contribution in [0.25, 0.3) is 0 Å². The number of rotatable bonds is 1. The van der Waals surface area contributed by atoms with Crippen LogP contribution in [0.4, 0.5) is 0 Å². The highest BCUT2D eigenvalue weighted by Gasteiger charge is 2.25. The van der Waals surface area contributed by atoms with E-state index in [1.807, 2.05) is 0 Å². The maximum absolute atomic E-state index is 9.13. The molecule has 1 fully saturated rings. The third kappa shape index (κ3) is 1.70. The van der Waals surface area contributed by atoms with Crippen LogP contribution in [0.5, 0.6) is 0 Å². The molecule has 60 valence electrons. The zero-order chi connectivity index (χ0) is 7.56. The highest BCUT2D eigenvalue weighted by molar-refractivity contribution is 4.74. The fourth-order valence-corrected chi connectivity index (χ4v) is 1.85. The zero-order valence-electron chi connectivity index (χ0n) is 6.59. The van der Waals surface area contributed by atoms with Crippen LogP contribution in [-0.2, 0) is 0 Å². The fraction of sp³-hybridized carbons (Fsp3) is 1.00. The molecule has 2 heteroatoms. The van der Waals surface area contributed by atoms with Crippen molar-refractivity contribution in [3.05, 3.63) is 0 Å². The summed E-state index contributed by atoms with van der Waals surface area (Å²) in [7, 11) is 0. The van der Waals surface area contributed by atoms with Gasteiger partial charge in [-0.3, -0.25) is 0 Å². The van der Waals surface area contributed by atoms with Crippen LogP contribution in [0.1, 0.15) is 32.6 Å². The van der Waals surface area contributed by atoms with Crippen molar-refractivity contribution in [2.75, 3.05) is 0 Å². The number of nitrogens with two attached hydrogens (primary N) is 1. The van der Waals surface area contributed by atoms with Gasteiger partial charge in [0.05, 0.1) is 0 Å². The van der Waals surface area contributed by atoms with Crippen molar-refractivity contribution in [3.63, 3.8) is 0 Å². The predicted molar refractivity (Wildman–Crippen MR) is 41.3 cm³/mol. The van der Waals surface area contributed by atoms with E-state index < -0.39 is 6.23 Å². The molecular formula is C8H17NO. The Bertz CT molecular complexity index is 103. The molecule has 1 saturated carbocycles. The summed E-state index contributed by atoms with van der Waals surface area (Å²) in [5.41, 5.74) is 5.41. The summed E-state index contributed by atoms with van der Waals surface area (Å²) >= 11 is 0. The number of hydrogen-bond acceptors (Lipinski definition) is 2. The third-order valence-corrected chi connectivity index (χ3v) is 2.62. The maximum atomic E-state index is 9.13. The van der Waals surface area contributed by atoms with Gasteiger partial charge in [0, 0.05) is 5.92 Å². The highest BCUT2D eigenvalue weighted by atomic mass is 16.3. The Kier molecular flexibility index (Phi) is 2.69. The van der Waals surface area contributed by atoms with Gasteiger partial charge < -0.3 is 10.8 Å². The van der Waals surface area contributed by atoms with Gasteiger partial charge in [0.25, 0.3) is 0 Å². The average Bonchev–Trinajstić information content (AvgIpc) is 1.88. The topological polar surface area (TPSA) is 46.2 Å². The van der Waals surface area contributed by atoms with Crippen LogP contribution in [-0.4, -0.2) is 11.3 Å². The van der Waals surface area contributed by atoms with Gasteiger partial charge in [-0.2, -0.15) is 0 Å². The van der Waals surface area contributed by atoms with Crippen LogP contribution in [0.2, 0.25) is 0 Å². The van der Waals surface area contributed by atoms with Crippen molar-refractivity contribution in [2.45, 2.75) is 38.8 Å². The van der Waals surface area contributed by atoms with Gasteiger partial charge in [0.2, 0.25) is 0 Å².